The molecule has 0 amide bonds. The second-order valence-electron chi connectivity index (χ2n) is 5.62. The van der Waals surface area contributed by atoms with Gasteiger partial charge in [0.2, 0.25) is 0 Å². The van der Waals surface area contributed by atoms with E-state index >= 15 is 0 Å². The van der Waals surface area contributed by atoms with E-state index in [4.69, 9.17) is 9.73 Å². The van der Waals surface area contributed by atoms with Gasteiger partial charge >= 0.3 is 0 Å². The van der Waals surface area contributed by atoms with Crippen LogP contribution in [0, 0.1) is 0 Å². The summed E-state index contributed by atoms with van der Waals surface area (Å²) >= 11 is 0. The van der Waals surface area contributed by atoms with Crippen molar-refractivity contribution >= 4 is 17.5 Å². The molecular weight excluding hydrogens is 274 g/mol. The summed E-state index contributed by atoms with van der Waals surface area (Å²) in [5, 5.41) is 5.42. The van der Waals surface area contributed by atoms with E-state index in [0.29, 0.717) is 0 Å². The number of piperazine rings is 1. The number of nitrogens with zero attached hydrogens (tertiary/aromatic N) is 2. The van der Waals surface area contributed by atoms with Crippen LogP contribution >= 0.6 is 0 Å². The Morgan fingerprint density at radius 1 is 1.09 bits per heavy atom. The zero-order valence-electron chi connectivity index (χ0n) is 12.7. The Hall–Kier alpha value is -2.33. The fourth-order valence-corrected chi connectivity index (χ4v) is 2.93. The third-order valence-corrected chi connectivity index (χ3v) is 4.20. The van der Waals surface area contributed by atoms with Crippen molar-refractivity contribution in [3.05, 3.63) is 47.0 Å². The van der Waals surface area contributed by atoms with Crippen LogP contribution in [0.1, 0.15) is 6.92 Å². The molecule has 0 atom stereocenters. The molecule has 2 aliphatic rings. The van der Waals surface area contributed by atoms with Gasteiger partial charge in [-0.1, -0.05) is 12.1 Å². The lowest BCUT2D eigenvalue weighted by Gasteiger charge is -2.30. The number of ether oxygens (including phenoxy) is 1. The van der Waals surface area contributed by atoms with Gasteiger partial charge in [0.25, 0.3) is 0 Å². The summed E-state index contributed by atoms with van der Waals surface area (Å²) in [4.78, 5) is 7.08. The average Bonchev–Trinajstić information content (AvgIpc) is 2.59. The zero-order valence-corrected chi connectivity index (χ0v) is 12.7. The highest BCUT2D eigenvalue weighted by Crippen LogP contribution is 2.36. The van der Waals surface area contributed by atoms with Crippen LogP contribution in [0.3, 0.4) is 0 Å². The second kappa shape index (κ2) is 5.46. The topological polar surface area (TPSA) is 36.9 Å². The fraction of sp³-hybridized carbons (Fsp3) is 0.278. The van der Waals surface area contributed by atoms with E-state index in [9.17, 15) is 0 Å². The lowest BCUT2D eigenvalue weighted by molar-refractivity contribution is 0.469. The Bertz CT molecular complexity index is 823. The van der Waals surface area contributed by atoms with Gasteiger partial charge in [0, 0.05) is 37.9 Å². The van der Waals surface area contributed by atoms with Crippen LogP contribution in [-0.2, 0) is 0 Å². The molecule has 2 aromatic rings. The van der Waals surface area contributed by atoms with Gasteiger partial charge in [-0.2, -0.15) is 0 Å². The number of nitrogens with one attached hydrogen (secondary N) is 1. The summed E-state index contributed by atoms with van der Waals surface area (Å²) < 4.78 is 6.10. The molecule has 0 saturated carbocycles. The number of anilines is 1. The Morgan fingerprint density at radius 3 is 2.77 bits per heavy atom. The molecule has 0 aliphatic carbocycles. The van der Waals surface area contributed by atoms with Crippen molar-refractivity contribution in [2.24, 2.45) is 4.99 Å². The lowest BCUT2D eigenvalue weighted by Crippen LogP contribution is -2.43. The minimum atomic E-state index is 0.834. The third-order valence-electron chi connectivity index (χ3n) is 4.20. The maximum Gasteiger partial charge on any atom is 0.155 e. The van der Waals surface area contributed by atoms with Gasteiger partial charge in [0.05, 0.1) is 0 Å². The molecule has 0 spiro atoms. The minimum absolute atomic E-state index is 0.834. The van der Waals surface area contributed by atoms with E-state index in [0.717, 1.165) is 53.9 Å². The summed E-state index contributed by atoms with van der Waals surface area (Å²) in [6.45, 7) is 6.14. The molecule has 112 valence electrons. The molecule has 2 aromatic carbocycles. The molecule has 1 fully saturated rings. The van der Waals surface area contributed by atoms with Crippen LogP contribution in [0.5, 0.6) is 11.5 Å². The van der Waals surface area contributed by atoms with Crippen LogP contribution in [-0.4, -0.2) is 26.2 Å². The number of hydrogen-bond donors (Lipinski definition) is 1. The molecule has 4 rings (SSSR count). The number of hydrogen-bond acceptors (Lipinski definition) is 4. The molecule has 0 bridgehead atoms. The molecule has 0 unspecified atom stereocenters. The molecular formula is C18H19N3O. The fourth-order valence-electron chi connectivity index (χ4n) is 2.93. The maximum atomic E-state index is 6.10. The van der Waals surface area contributed by atoms with Gasteiger partial charge in [-0.05, 0) is 36.4 Å². The van der Waals surface area contributed by atoms with E-state index in [1.807, 2.05) is 19.1 Å². The molecule has 0 aromatic heterocycles. The minimum Gasteiger partial charge on any atom is -0.453 e. The highest BCUT2D eigenvalue weighted by atomic mass is 16.5. The van der Waals surface area contributed by atoms with Crippen LogP contribution < -0.4 is 25.5 Å². The van der Waals surface area contributed by atoms with Crippen molar-refractivity contribution in [2.45, 2.75) is 6.92 Å². The molecule has 2 aliphatic heterocycles. The van der Waals surface area contributed by atoms with E-state index < -0.39 is 0 Å². The number of fused-ring (bicyclic) bond motifs is 2. The smallest absolute Gasteiger partial charge is 0.155 e. The van der Waals surface area contributed by atoms with Gasteiger partial charge in [0.1, 0.15) is 11.0 Å². The number of rotatable bonds is 1. The quantitative estimate of drug-likeness (QED) is 0.745. The van der Waals surface area contributed by atoms with Gasteiger partial charge in [0.15, 0.2) is 11.5 Å². The summed E-state index contributed by atoms with van der Waals surface area (Å²) in [7, 11) is 0. The van der Waals surface area contributed by atoms with Gasteiger partial charge in [-0.15, -0.1) is 0 Å². The normalized spacial score (nSPS) is 17.3. The zero-order chi connectivity index (χ0) is 14.9. The molecule has 1 saturated heterocycles. The predicted molar refractivity (Wildman–Crippen MR) is 88.6 cm³/mol. The average molecular weight is 293 g/mol. The predicted octanol–water partition coefficient (Wildman–Crippen LogP) is 1.95. The van der Waals surface area contributed by atoms with Crippen molar-refractivity contribution < 1.29 is 4.74 Å². The second-order valence-corrected chi connectivity index (χ2v) is 5.62. The largest absolute Gasteiger partial charge is 0.453 e. The summed E-state index contributed by atoms with van der Waals surface area (Å²) in [6, 6.07) is 12.4. The molecule has 4 heteroatoms. The summed E-state index contributed by atoms with van der Waals surface area (Å²) in [6.07, 6.45) is 2.07. The van der Waals surface area contributed by atoms with E-state index in [1.54, 1.807) is 0 Å². The van der Waals surface area contributed by atoms with E-state index in [-0.39, 0.29) is 0 Å². The molecule has 1 N–H and O–H groups in total. The van der Waals surface area contributed by atoms with Crippen molar-refractivity contribution in [3.8, 4) is 11.5 Å². The Morgan fingerprint density at radius 2 is 1.95 bits per heavy atom. The lowest BCUT2D eigenvalue weighted by atomic mass is 10.2. The SMILES string of the molecule is CC=c1ccc2c(c1)Oc1cc(N3CCNCC3)ccc1N=2. The summed E-state index contributed by atoms with van der Waals surface area (Å²) in [5.41, 5.74) is 2.11. The summed E-state index contributed by atoms with van der Waals surface area (Å²) in [5.74, 6) is 1.68. The van der Waals surface area contributed by atoms with Crippen molar-refractivity contribution in [3.63, 3.8) is 0 Å². The Balaban J connectivity index is 1.73. The van der Waals surface area contributed by atoms with Crippen LogP contribution in [0.15, 0.2) is 41.4 Å². The van der Waals surface area contributed by atoms with Crippen LogP contribution in [0.2, 0.25) is 0 Å². The first-order chi connectivity index (χ1) is 10.8. The van der Waals surface area contributed by atoms with Crippen molar-refractivity contribution in [1.29, 1.82) is 0 Å². The van der Waals surface area contributed by atoms with Crippen LogP contribution in [0.4, 0.5) is 11.4 Å². The van der Waals surface area contributed by atoms with E-state index in [2.05, 4.69) is 40.6 Å². The molecule has 22 heavy (non-hydrogen) atoms. The first-order valence-electron chi connectivity index (χ1n) is 7.76. The van der Waals surface area contributed by atoms with E-state index in [1.165, 1.54) is 5.69 Å². The van der Waals surface area contributed by atoms with Gasteiger partial charge < -0.3 is 15.0 Å². The standard InChI is InChI=1S/C18H19N3O/c1-2-13-3-5-15-17(11-13)22-18-12-14(4-6-16(18)20-15)21-9-7-19-8-10-21/h2-6,11-12,19H,7-10H2,1H3. The highest BCUT2D eigenvalue weighted by Gasteiger charge is 2.16. The first-order valence-corrected chi connectivity index (χ1v) is 7.76. The Labute approximate surface area is 129 Å². The number of benzene rings is 2. The molecule has 4 nitrogen and oxygen atoms in total. The molecule has 0 radical (unpaired) electrons. The monoisotopic (exact) mass is 293 g/mol. The first kappa shape index (κ1) is 13.3. The van der Waals surface area contributed by atoms with Gasteiger partial charge in [-0.25, -0.2) is 4.99 Å². The van der Waals surface area contributed by atoms with Crippen LogP contribution in [0.25, 0.3) is 6.08 Å². The van der Waals surface area contributed by atoms with Crippen molar-refractivity contribution in [2.75, 3.05) is 31.1 Å². The Kier molecular flexibility index (Phi) is 3.31. The van der Waals surface area contributed by atoms with Gasteiger partial charge in [-0.3, -0.25) is 0 Å². The maximum absolute atomic E-state index is 6.10. The van der Waals surface area contributed by atoms with Crippen molar-refractivity contribution in [1.82, 2.24) is 5.32 Å². The molecule has 2 heterocycles. The third kappa shape index (κ3) is 2.35. The highest BCUT2D eigenvalue weighted by molar-refractivity contribution is 5.64.